The Bertz CT molecular complexity index is 441. The van der Waals surface area contributed by atoms with Crippen molar-refractivity contribution in [3.8, 4) is 0 Å². The molecule has 75 valence electrons. The Kier molecular flexibility index (Phi) is 3.58. The molecule has 0 unspecified atom stereocenters. The van der Waals surface area contributed by atoms with Crippen molar-refractivity contribution >= 4 is 20.2 Å². The summed E-state index contributed by atoms with van der Waals surface area (Å²) in [6.45, 7) is 0. The number of hydrogen-bond donors (Lipinski definition) is 1. The van der Waals surface area contributed by atoms with Crippen molar-refractivity contribution in [1.82, 2.24) is 4.72 Å². The zero-order valence-electron chi connectivity index (χ0n) is 7.14. The van der Waals surface area contributed by atoms with Gasteiger partial charge in [-0.1, -0.05) is 0 Å². The second-order valence-electron chi connectivity index (χ2n) is 2.35. The summed E-state index contributed by atoms with van der Waals surface area (Å²) in [5.41, 5.74) is 0. The molecule has 1 N–H and O–H groups in total. The number of sulfonamides is 1. The summed E-state index contributed by atoms with van der Waals surface area (Å²) in [7, 11) is -3.70. The van der Waals surface area contributed by atoms with Gasteiger partial charge in [0.2, 0.25) is 0 Å². The molecular formula is C8H8CrNO3S. The Labute approximate surface area is 88.3 Å². The number of nitrogens with one attached hydrogen (secondary N) is 1. The standard InChI is InChI=1S/C7H6NO3S.CH2.Cr/c9-6-8-12(10,11)7-4-2-1-3-5-7;;/h1-5H,(H,8,9);1H2;. The minimum absolute atomic E-state index is 0.0811. The number of hydrogen-bond acceptors (Lipinski definition) is 3. The molecule has 0 aromatic heterocycles. The molecule has 0 aliphatic carbocycles. The maximum absolute atomic E-state index is 11.5. The van der Waals surface area contributed by atoms with Crippen LogP contribution in [0.3, 0.4) is 0 Å². The van der Waals surface area contributed by atoms with Crippen LogP contribution < -0.4 is 4.72 Å². The average Bonchev–Trinajstić information content (AvgIpc) is 2.18. The van der Waals surface area contributed by atoms with Crippen LogP contribution in [0, 0.1) is 0 Å². The summed E-state index contributed by atoms with van der Waals surface area (Å²) < 4.78 is 24.3. The summed E-state index contributed by atoms with van der Waals surface area (Å²) >= 11 is -0.609. The topological polar surface area (TPSA) is 63.2 Å². The van der Waals surface area contributed by atoms with E-state index in [1.54, 1.807) is 18.2 Å². The molecule has 1 amide bonds. The van der Waals surface area contributed by atoms with E-state index in [4.69, 9.17) is 0 Å². The number of benzene rings is 1. The number of rotatable bonds is 3. The molecule has 0 fully saturated rings. The third kappa shape index (κ3) is 2.77. The van der Waals surface area contributed by atoms with Gasteiger partial charge in [0.1, 0.15) is 0 Å². The van der Waals surface area contributed by atoms with Crippen LogP contribution >= 0.6 is 0 Å². The van der Waals surface area contributed by atoms with Gasteiger partial charge in [0.25, 0.3) is 0 Å². The predicted molar refractivity (Wildman–Crippen MR) is 49.3 cm³/mol. The molecule has 1 aromatic carbocycles. The van der Waals surface area contributed by atoms with Crippen LogP contribution in [0.2, 0.25) is 0 Å². The van der Waals surface area contributed by atoms with E-state index in [0.29, 0.717) is 0 Å². The summed E-state index contributed by atoms with van der Waals surface area (Å²) in [6.07, 6.45) is 0. The molecule has 0 saturated carbocycles. The van der Waals surface area contributed by atoms with E-state index in [0.717, 1.165) is 0 Å². The summed E-state index contributed by atoms with van der Waals surface area (Å²) in [6, 6.07) is 7.73. The van der Waals surface area contributed by atoms with Gasteiger partial charge >= 0.3 is 88.1 Å². The second kappa shape index (κ2) is 4.51. The molecule has 0 aliphatic rings. The fourth-order valence-corrected chi connectivity index (χ4v) is 2.50. The van der Waals surface area contributed by atoms with Crippen molar-refractivity contribution in [2.24, 2.45) is 0 Å². The third-order valence-electron chi connectivity index (χ3n) is 1.40. The van der Waals surface area contributed by atoms with Crippen molar-refractivity contribution < 1.29 is 28.0 Å². The van der Waals surface area contributed by atoms with Gasteiger partial charge in [0.05, 0.1) is 0 Å². The maximum atomic E-state index is 11.5. The predicted octanol–water partition coefficient (Wildman–Crippen LogP) is 0.599. The fraction of sp³-hybridized carbons (Fsp3) is 0. The monoisotopic (exact) mass is 250 g/mol. The molecule has 1 rings (SSSR count). The van der Waals surface area contributed by atoms with Crippen LogP contribution in [0.25, 0.3) is 0 Å². The van der Waals surface area contributed by atoms with Gasteiger partial charge in [0.15, 0.2) is 0 Å². The van der Waals surface area contributed by atoms with Crippen LogP contribution in [-0.2, 0) is 24.8 Å². The van der Waals surface area contributed by atoms with E-state index >= 15 is 0 Å². The van der Waals surface area contributed by atoms with Crippen LogP contribution in [0.5, 0.6) is 0 Å². The molecule has 0 spiro atoms. The average molecular weight is 250 g/mol. The first-order valence-electron chi connectivity index (χ1n) is 3.60. The molecule has 0 atom stereocenters. The Morgan fingerprint density at radius 3 is 2.36 bits per heavy atom. The van der Waals surface area contributed by atoms with E-state index in [2.05, 4.69) is 5.39 Å². The van der Waals surface area contributed by atoms with E-state index in [9.17, 15) is 13.2 Å². The van der Waals surface area contributed by atoms with Crippen LogP contribution in [-0.4, -0.2) is 18.6 Å². The van der Waals surface area contributed by atoms with Crippen molar-refractivity contribution in [3.63, 3.8) is 0 Å². The minimum atomic E-state index is -3.70. The van der Waals surface area contributed by atoms with E-state index in [1.807, 2.05) is 4.72 Å². The van der Waals surface area contributed by atoms with Gasteiger partial charge in [0, 0.05) is 0 Å². The first-order chi connectivity index (χ1) is 6.56. The molecule has 0 bridgehead atoms. The van der Waals surface area contributed by atoms with Crippen molar-refractivity contribution in [3.05, 3.63) is 30.3 Å². The van der Waals surface area contributed by atoms with Gasteiger partial charge in [-0.2, -0.15) is 0 Å². The van der Waals surface area contributed by atoms with Gasteiger partial charge in [-0.3, -0.25) is 0 Å². The Balaban J connectivity index is 2.98. The molecule has 6 heteroatoms. The summed E-state index contributed by atoms with van der Waals surface area (Å²) in [5.74, 6) is 0. The molecule has 0 heterocycles. The Morgan fingerprint density at radius 1 is 1.29 bits per heavy atom. The second-order valence-corrected chi connectivity index (χ2v) is 5.06. The van der Waals surface area contributed by atoms with Crippen molar-refractivity contribution in [2.75, 3.05) is 0 Å². The molecule has 1 aromatic rings. The molecule has 4 nitrogen and oxygen atoms in total. The zero-order chi connectivity index (χ0) is 10.6. The first-order valence-corrected chi connectivity index (χ1v) is 6.62. The molecule has 0 aliphatic heterocycles. The number of carbonyl (C=O) groups is 1. The van der Waals surface area contributed by atoms with Gasteiger partial charge in [-0.25, -0.2) is 0 Å². The van der Waals surface area contributed by atoms with Gasteiger partial charge in [-0.05, 0) is 0 Å². The quantitative estimate of drug-likeness (QED) is 0.854. The Hall–Kier alpha value is -0.958. The summed E-state index contributed by atoms with van der Waals surface area (Å²) in [4.78, 5) is 11.0. The van der Waals surface area contributed by atoms with Gasteiger partial charge in [-0.15, -0.1) is 0 Å². The van der Waals surface area contributed by atoms with E-state index in [1.165, 1.54) is 12.1 Å². The molecule has 14 heavy (non-hydrogen) atoms. The van der Waals surface area contributed by atoms with Crippen LogP contribution in [0.4, 0.5) is 4.79 Å². The van der Waals surface area contributed by atoms with E-state index in [-0.39, 0.29) is 4.90 Å². The van der Waals surface area contributed by atoms with Crippen molar-refractivity contribution in [1.29, 1.82) is 0 Å². The summed E-state index contributed by atoms with van der Waals surface area (Å²) in [5, 5.41) is 3.35. The number of amides is 1. The SMILES string of the molecule is [CH2]=[Cr][C](=O)NS(=O)(=O)c1ccccc1. The third-order valence-corrected chi connectivity index (χ3v) is 3.53. The van der Waals surface area contributed by atoms with Crippen LogP contribution in [0.1, 0.15) is 0 Å². The Morgan fingerprint density at radius 2 is 1.86 bits per heavy atom. The fourth-order valence-electron chi connectivity index (χ4n) is 0.798. The molecule has 0 radical (unpaired) electrons. The molecular weight excluding hydrogens is 242 g/mol. The van der Waals surface area contributed by atoms with Crippen LogP contribution in [0.15, 0.2) is 35.2 Å². The normalized spacial score (nSPS) is 10.6. The first kappa shape index (κ1) is 11.1. The molecule has 0 saturated heterocycles. The zero-order valence-corrected chi connectivity index (χ0v) is 9.23. The van der Waals surface area contributed by atoms with Gasteiger partial charge < -0.3 is 0 Å². The van der Waals surface area contributed by atoms with Crippen molar-refractivity contribution in [2.45, 2.75) is 4.90 Å². The number of carbonyl (C=O) groups excluding carboxylic acids is 1. The van der Waals surface area contributed by atoms with E-state index < -0.39 is 29.6 Å².